The molecule has 0 atom stereocenters. The molecule has 1 aromatic carbocycles. The van der Waals surface area contributed by atoms with Crippen LogP contribution in [0.25, 0.3) is 0 Å². The molecule has 0 radical (unpaired) electrons. The predicted molar refractivity (Wildman–Crippen MR) is 133 cm³/mol. The van der Waals surface area contributed by atoms with E-state index in [1.165, 1.54) is 4.90 Å². The normalized spacial score (nSPS) is 14.0. The van der Waals surface area contributed by atoms with Gasteiger partial charge in [-0.15, -0.1) is 6.58 Å². The van der Waals surface area contributed by atoms with Crippen LogP contribution < -0.4 is 20.9 Å². The quantitative estimate of drug-likeness (QED) is 0.548. The summed E-state index contributed by atoms with van der Waals surface area (Å²) in [6.07, 6.45) is 1.59. The lowest BCUT2D eigenvalue weighted by Gasteiger charge is -2.36. The summed E-state index contributed by atoms with van der Waals surface area (Å²) in [6.45, 7) is 16.2. The number of piperazine rings is 1. The molecule has 0 unspecified atom stereocenters. The maximum Gasteiger partial charge on any atom is 0.318 e. The van der Waals surface area contributed by atoms with E-state index in [9.17, 15) is 14.4 Å². The van der Waals surface area contributed by atoms with Crippen LogP contribution in [0.4, 0.5) is 21.0 Å². The molecule has 0 aliphatic carbocycles. The number of urea groups is 2. The SMILES string of the molecule is C=CCN(CC(=O)Nc1ccc(N2CCN(C(=O)NC(C)C)CC2)cc1)C(=O)NC(C)(C)C. The zero-order valence-corrected chi connectivity index (χ0v) is 20.5. The van der Waals surface area contributed by atoms with Gasteiger partial charge in [-0.2, -0.15) is 0 Å². The molecule has 5 amide bonds. The third-order valence-electron chi connectivity index (χ3n) is 4.95. The van der Waals surface area contributed by atoms with Crippen LogP contribution >= 0.6 is 0 Å². The first-order valence-electron chi connectivity index (χ1n) is 11.4. The van der Waals surface area contributed by atoms with E-state index in [2.05, 4.69) is 27.4 Å². The molecule has 9 heteroatoms. The molecule has 1 saturated heterocycles. The number of nitrogens with zero attached hydrogens (tertiary/aromatic N) is 3. The lowest BCUT2D eigenvalue weighted by molar-refractivity contribution is -0.116. The van der Waals surface area contributed by atoms with Crippen molar-refractivity contribution in [2.75, 3.05) is 49.5 Å². The Kier molecular flexibility index (Phi) is 9.13. The highest BCUT2D eigenvalue weighted by Crippen LogP contribution is 2.19. The van der Waals surface area contributed by atoms with E-state index in [0.717, 1.165) is 18.8 Å². The van der Waals surface area contributed by atoms with Crippen molar-refractivity contribution in [1.82, 2.24) is 20.4 Å². The lowest BCUT2D eigenvalue weighted by atomic mass is 10.1. The number of anilines is 2. The van der Waals surface area contributed by atoms with Crippen LogP contribution in [0.3, 0.4) is 0 Å². The van der Waals surface area contributed by atoms with Gasteiger partial charge in [-0.25, -0.2) is 9.59 Å². The van der Waals surface area contributed by atoms with Gasteiger partial charge in [0.25, 0.3) is 0 Å². The second kappa shape index (κ2) is 11.6. The highest BCUT2D eigenvalue weighted by atomic mass is 16.2. The molecule has 1 aliphatic rings. The van der Waals surface area contributed by atoms with Crippen LogP contribution in [0.1, 0.15) is 34.6 Å². The Morgan fingerprint density at radius 2 is 1.70 bits per heavy atom. The third-order valence-corrected chi connectivity index (χ3v) is 4.95. The highest BCUT2D eigenvalue weighted by Gasteiger charge is 2.22. The fourth-order valence-corrected chi connectivity index (χ4v) is 3.41. The summed E-state index contributed by atoms with van der Waals surface area (Å²) < 4.78 is 0. The molecular weight excluding hydrogens is 420 g/mol. The average Bonchev–Trinajstić information content (AvgIpc) is 2.72. The van der Waals surface area contributed by atoms with Gasteiger partial charge in [-0.05, 0) is 58.9 Å². The van der Waals surface area contributed by atoms with Gasteiger partial charge in [0, 0.05) is 55.7 Å². The first-order chi connectivity index (χ1) is 15.5. The molecule has 182 valence electrons. The summed E-state index contributed by atoms with van der Waals surface area (Å²) in [5, 5.41) is 8.63. The molecule has 1 fully saturated rings. The van der Waals surface area contributed by atoms with Crippen LogP contribution in [-0.2, 0) is 4.79 Å². The standard InChI is InChI=1S/C24H38N6O3/c1-7-12-30(23(33)27-24(4,5)6)17-21(31)26-19-8-10-20(11-9-19)28-13-15-29(16-14-28)22(32)25-18(2)3/h7-11,18H,1,12-17H2,2-6H3,(H,25,32)(H,26,31)(H,27,33). The lowest BCUT2D eigenvalue weighted by Crippen LogP contribution is -2.52. The van der Waals surface area contributed by atoms with Crippen LogP contribution in [0, 0.1) is 0 Å². The zero-order chi connectivity index (χ0) is 24.6. The number of amides is 5. The molecule has 33 heavy (non-hydrogen) atoms. The molecule has 0 spiro atoms. The van der Waals surface area contributed by atoms with Gasteiger partial charge in [0.15, 0.2) is 0 Å². The Hall–Kier alpha value is -3.23. The minimum atomic E-state index is -0.396. The summed E-state index contributed by atoms with van der Waals surface area (Å²) in [6, 6.07) is 7.38. The molecule has 1 heterocycles. The van der Waals surface area contributed by atoms with Crippen LogP contribution in [-0.4, -0.2) is 78.6 Å². The molecule has 3 N–H and O–H groups in total. The second-order valence-corrected chi connectivity index (χ2v) is 9.52. The smallest absolute Gasteiger partial charge is 0.318 e. The van der Waals surface area contributed by atoms with E-state index in [1.807, 2.05) is 63.8 Å². The number of carbonyl (C=O) groups is 3. The fraction of sp³-hybridized carbons (Fsp3) is 0.542. The van der Waals surface area contributed by atoms with E-state index in [-0.39, 0.29) is 37.1 Å². The topological polar surface area (TPSA) is 97.0 Å². The Bertz CT molecular complexity index is 824. The molecule has 0 aromatic heterocycles. The average molecular weight is 459 g/mol. The van der Waals surface area contributed by atoms with Crippen molar-refractivity contribution in [3.8, 4) is 0 Å². The molecular formula is C24H38N6O3. The number of benzene rings is 1. The molecule has 1 aromatic rings. The number of hydrogen-bond donors (Lipinski definition) is 3. The van der Waals surface area contributed by atoms with Gasteiger partial charge in [0.1, 0.15) is 6.54 Å². The van der Waals surface area contributed by atoms with Crippen molar-refractivity contribution in [1.29, 1.82) is 0 Å². The van der Waals surface area contributed by atoms with Crippen molar-refractivity contribution in [2.45, 2.75) is 46.2 Å². The Morgan fingerprint density at radius 1 is 1.09 bits per heavy atom. The first kappa shape index (κ1) is 26.0. The van der Waals surface area contributed by atoms with Gasteiger partial charge in [0.2, 0.25) is 5.91 Å². The van der Waals surface area contributed by atoms with Crippen LogP contribution in [0.2, 0.25) is 0 Å². The summed E-state index contributed by atoms with van der Waals surface area (Å²) in [5.41, 5.74) is 1.30. The number of carbonyl (C=O) groups excluding carboxylic acids is 3. The summed E-state index contributed by atoms with van der Waals surface area (Å²) in [5.74, 6) is -0.279. The van der Waals surface area contributed by atoms with E-state index in [0.29, 0.717) is 18.8 Å². The van der Waals surface area contributed by atoms with Crippen molar-refractivity contribution in [3.63, 3.8) is 0 Å². The molecule has 2 rings (SSSR count). The van der Waals surface area contributed by atoms with Gasteiger partial charge in [0.05, 0.1) is 0 Å². The van der Waals surface area contributed by atoms with Crippen molar-refractivity contribution in [3.05, 3.63) is 36.9 Å². The highest BCUT2D eigenvalue weighted by molar-refractivity contribution is 5.94. The number of nitrogens with one attached hydrogen (secondary N) is 3. The minimum Gasteiger partial charge on any atom is -0.368 e. The maximum absolute atomic E-state index is 12.5. The predicted octanol–water partition coefficient (Wildman–Crippen LogP) is 2.86. The van der Waals surface area contributed by atoms with Crippen LogP contribution in [0.15, 0.2) is 36.9 Å². The molecule has 1 aliphatic heterocycles. The van der Waals surface area contributed by atoms with E-state index in [1.54, 1.807) is 6.08 Å². The second-order valence-electron chi connectivity index (χ2n) is 9.52. The molecule has 9 nitrogen and oxygen atoms in total. The minimum absolute atomic E-state index is 0.0237. The van der Waals surface area contributed by atoms with E-state index in [4.69, 9.17) is 0 Å². The van der Waals surface area contributed by atoms with Gasteiger partial charge < -0.3 is 30.7 Å². The molecule has 0 bridgehead atoms. The van der Waals surface area contributed by atoms with E-state index >= 15 is 0 Å². The Balaban J connectivity index is 1.88. The fourth-order valence-electron chi connectivity index (χ4n) is 3.41. The van der Waals surface area contributed by atoms with Crippen molar-refractivity contribution < 1.29 is 14.4 Å². The maximum atomic E-state index is 12.5. The first-order valence-corrected chi connectivity index (χ1v) is 11.4. The van der Waals surface area contributed by atoms with Crippen LogP contribution in [0.5, 0.6) is 0 Å². The molecule has 0 saturated carbocycles. The Labute approximate surface area is 197 Å². The van der Waals surface area contributed by atoms with Gasteiger partial charge >= 0.3 is 12.1 Å². The van der Waals surface area contributed by atoms with Gasteiger partial charge in [-0.1, -0.05) is 6.08 Å². The third kappa shape index (κ3) is 8.67. The summed E-state index contributed by atoms with van der Waals surface area (Å²) in [4.78, 5) is 42.5. The number of rotatable bonds is 7. The Morgan fingerprint density at radius 3 is 2.21 bits per heavy atom. The van der Waals surface area contributed by atoms with Gasteiger partial charge in [-0.3, -0.25) is 4.79 Å². The monoisotopic (exact) mass is 458 g/mol. The van der Waals surface area contributed by atoms with Crippen molar-refractivity contribution >= 4 is 29.3 Å². The number of hydrogen-bond acceptors (Lipinski definition) is 4. The summed E-state index contributed by atoms with van der Waals surface area (Å²) >= 11 is 0. The van der Waals surface area contributed by atoms with E-state index < -0.39 is 5.54 Å². The zero-order valence-electron chi connectivity index (χ0n) is 20.5. The van der Waals surface area contributed by atoms with Crippen molar-refractivity contribution in [2.24, 2.45) is 0 Å². The summed E-state index contributed by atoms with van der Waals surface area (Å²) in [7, 11) is 0. The largest absolute Gasteiger partial charge is 0.368 e.